The van der Waals surface area contributed by atoms with Gasteiger partial charge in [0.05, 0.1) is 5.56 Å². The molecule has 3 nitrogen and oxygen atoms in total. The minimum atomic E-state index is -4.33. The van der Waals surface area contributed by atoms with Gasteiger partial charge in [-0.05, 0) is 36.6 Å². The van der Waals surface area contributed by atoms with Crippen LogP contribution in [0.3, 0.4) is 0 Å². The molecule has 23 heavy (non-hydrogen) atoms. The molecule has 1 atom stereocenters. The molecule has 0 fully saturated rings. The first kappa shape index (κ1) is 21.7. The second-order valence-electron chi connectivity index (χ2n) is 5.32. The molecule has 0 heterocycles. The summed E-state index contributed by atoms with van der Waals surface area (Å²) in [5.41, 5.74) is 0.0576. The quantitative estimate of drug-likeness (QED) is 0.700. The Morgan fingerprint density at radius 1 is 1.13 bits per heavy atom. The normalized spacial score (nSPS) is 12.4. The number of rotatable bonds is 8. The molecule has 1 aromatic rings. The van der Waals surface area contributed by atoms with Crippen LogP contribution in [-0.4, -0.2) is 25.5 Å². The predicted octanol–water partition coefficient (Wildman–Crippen LogP) is 3.74. The van der Waals surface area contributed by atoms with Crippen LogP contribution in [-0.2, 0) is 11.0 Å². The fourth-order valence-corrected chi connectivity index (χ4v) is 2.06. The van der Waals surface area contributed by atoms with Crippen LogP contribution in [0.5, 0.6) is 0 Å². The van der Waals surface area contributed by atoms with Crippen molar-refractivity contribution in [1.82, 2.24) is 10.6 Å². The Morgan fingerprint density at radius 2 is 1.74 bits per heavy atom. The lowest BCUT2D eigenvalue weighted by atomic mass is 9.96. The number of hydrogen-bond acceptors (Lipinski definition) is 2. The van der Waals surface area contributed by atoms with E-state index in [9.17, 15) is 18.0 Å². The Labute approximate surface area is 141 Å². The van der Waals surface area contributed by atoms with Crippen LogP contribution in [0.15, 0.2) is 24.3 Å². The largest absolute Gasteiger partial charge is 0.416 e. The molecule has 0 bridgehead atoms. The Balaban J connectivity index is 0.00000484. The van der Waals surface area contributed by atoms with Gasteiger partial charge in [0.15, 0.2) is 0 Å². The first-order valence-corrected chi connectivity index (χ1v) is 7.49. The highest BCUT2D eigenvalue weighted by atomic mass is 35.5. The van der Waals surface area contributed by atoms with E-state index in [2.05, 4.69) is 17.6 Å². The van der Waals surface area contributed by atoms with E-state index >= 15 is 0 Å². The van der Waals surface area contributed by atoms with Crippen LogP contribution >= 0.6 is 12.4 Å². The number of carbonyl (C=O) groups excluding carboxylic acids is 1. The summed E-state index contributed by atoms with van der Waals surface area (Å²) < 4.78 is 37.5. The Kier molecular flexibility index (Phi) is 9.91. The van der Waals surface area contributed by atoms with Gasteiger partial charge in [0.2, 0.25) is 5.91 Å². The summed E-state index contributed by atoms with van der Waals surface area (Å²) in [4.78, 5) is 11.8. The molecule has 132 valence electrons. The van der Waals surface area contributed by atoms with Gasteiger partial charge in [-0.3, -0.25) is 4.79 Å². The first-order valence-electron chi connectivity index (χ1n) is 7.49. The molecule has 0 saturated heterocycles. The minimum Gasteiger partial charge on any atom is -0.355 e. The molecule has 0 radical (unpaired) electrons. The van der Waals surface area contributed by atoms with Gasteiger partial charge in [0, 0.05) is 19.5 Å². The van der Waals surface area contributed by atoms with Crippen molar-refractivity contribution >= 4 is 18.3 Å². The van der Waals surface area contributed by atoms with E-state index in [4.69, 9.17) is 0 Å². The van der Waals surface area contributed by atoms with Crippen molar-refractivity contribution in [1.29, 1.82) is 0 Å². The number of amides is 1. The van der Waals surface area contributed by atoms with Crippen LogP contribution in [0.25, 0.3) is 0 Å². The molecule has 1 amide bonds. The van der Waals surface area contributed by atoms with Crippen LogP contribution in [0.2, 0.25) is 0 Å². The van der Waals surface area contributed by atoms with Crippen LogP contribution in [0, 0.1) is 0 Å². The van der Waals surface area contributed by atoms with E-state index in [-0.39, 0.29) is 30.7 Å². The van der Waals surface area contributed by atoms with Crippen molar-refractivity contribution < 1.29 is 18.0 Å². The third kappa shape index (κ3) is 8.23. The number of nitrogens with one attached hydrogen (secondary N) is 2. The Hall–Kier alpha value is -1.27. The smallest absolute Gasteiger partial charge is 0.355 e. The molecule has 0 spiro atoms. The third-order valence-corrected chi connectivity index (χ3v) is 3.35. The van der Waals surface area contributed by atoms with E-state index in [1.165, 1.54) is 12.1 Å². The Morgan fingerprint density at radius 3 is 2.26 bits per heavy atom. The van der Waals surface area contributed by atoms with Crippen molar-refractivity contribution in [2.24, 2.45) is 0 Å². The van der Waals surface area contributed by atoms with E-state index in [0.717, 1.165) is 30.7 Å². The molecule has 0 aliphatic heterocycles. The summed E-state index contributed by atoms with van der Waals surface area (Å²) in [6.07, 6.45) is -3.03. The molecular formula is C16H24ClF3N2O. The van der Waals surface area contributed by atoms with E-state index in [1.807, 2.05) is 6.92 Å². The van der Waals surface area contributed by atoms with E-state index < -0.39 is 11.7 Å². The highest BCUT2D eigenvalue weighted by Gasteiger charge is 2.30. The molecule has 1 rings (SSSR count). The maximum atomic E-state index is 12.5. The highest BCUT2D eigenvalue weighted by molar-refractivity contribution is 5.85. The van der Waals surface area contributed by atoms with Crippen molar-refractivity contribution in [2.45, 2.75) is 38.8 Å². The van der Waals surface area contributed by atoms with E-state index in [1.54, 1.807) is 0 Å². The van der Waals surface area contributed by atoms with Gasteiger partial charge in [-0.1, -0.05) is 26.0 Å². The lowest BCUT2D eigenvalue weighted by Crippen LogP contribution is -2.32. The molecule has 1 unspecified atom stereocenters. The molecule has 7 heteroatoms. The molecule has 0 aromatic heterocycles. The second kappa shape index (κ2) is 10.5. The van der Waals surface area contributed by atoms with E-state index in [0.29, 0.717) is 13.1 Å². The summed E-state index contributed by atoms with van der Waals surface area (Å²) in [6, 6.07) is 4.98. The zero-order valence-corrected chi connectivity index (χ0v) is 14.2. The van der Waals surface area contributed by atoms with Gasteiger partial charge in [-0.25, -0.2) is 0 Å². The number of benzene rings is 1. The van der Waals surface area contributed by atoms with Gasteiger partial charge in [-0.2, -0.15) is 13.2 Å². The summed E-state index contributed by atoms with van der Waals surface area (Å²) in [5.74, 6) is -0.211. The number of carbonyl (C=O) groups is 1. The average Bonchev–Trinajstić information content (AvgIpc) is 2.46. The topological polar surface area (TPSA) is 41.1 Å². The molecule has 0 aliphatic rings. The van der Waals surface area contributed by atoms with Gasteiger partial charge < -0.3 is 10.6 Å². The Bertz CT molecular complexity index is 463. The van der Waals surface area contributed by atoms with Crippen molar-refractivity contribution in [3.05, 3.63) is 35.4 Å². The summed E-state index contributed by atoms with van der Waals surface area (Å²) >= 11 is 0. The van der Waals surface area contributed by atoms with Crippen LogP contribution < -0.4 is 10.6 Å². The minimum absolute atomic E-state index is 0. The van der Waals surface area contributed by atoms with Gasteiger partial charge >= 0.3 is 6.18 Å². The lowest BCUT2D eigenvalue weighted by molar-refractivity contribution is -0.137. The average molecular weight is 353 g/mol. The summed E-state index contributed by atoms with van der Waals surface area (Å²) in [7, 11) is 0. The maximum absolute atomic E-state index is 12.5. The predicted molar refractivity (Wildman–Crippen MR) is 87.9 cm³/mol. The standard InChI is InChI=1S/C16H23F3N2O.ClH/c1-3-8-20-9-10-21-15(22)11-12(2)13-4-6-14(7-5-13)16(17,18)19;/h4-7,12,20H,3,8-11H2,1-2H3,(H,21,22);1H. The second-order valence-corrected chi connectivity index (χ2v) is 5.32. The molecular weight excluding hydrogens is 329 g/mol. The lowest BCUT2D eigenvalue weighted by Gasteiger charge is -2.14. The maximum Gasteiger partial charge on any atom is 0.416 e. The van der Waals surface area contributed by atoms with Crippen LogP contribution in [0.4, 0.5) is 13.2 Å². The number of hydrogen-bond donors (Lipinski definition) is 2. The molecule has 1 aromatic carbocycles. The van der Waals surface area contributed by atoms with Gasteiger partial charge in [0.1, 0.15) is 0 Å². The molecule has 0 saturated carbocycles. The SMILES string of the molecule is CCCNCCNC(=O)CC(C)c1ccc(C(F)(F)F)cc1.Cl. The summed E-state index contributed by atoms with van der Waals surface area (Å²) in [6.45, 7) is 6.08. The fraction of sp³-hybridized carbons (Fsp3) is 0.562. The molecule has 0 aliphatic carbocycles. The monoisotopic (exact) mass is 352 g/mol. The van der Waals surface area contributed by atoms with Crippen molar-refractivity contribution in [3.8, 4) is 0 Å². The number of alkyl halides is 3. The zero-order chi connectivity index (χ0) is 16.6. The number of halogens is 4. The van der Waals surface area contributed by atoms with Gasteiger partial charge in [0.25, 0.3) is 0 Å². The highest BCUT2D eigenvalue weighted by Crippen LogP contribution is 2.30. The van der Waals surface area contributed by atoms with Crippen molar-refractivity contribution in [2.75, 3.05) is 19.6 Å². The van der Waals surface area contributed by atoms with Gasteiger partial charge in [-0.15, -0.1) is 12.4 Å². The summed E-state index contributed by atoms with van der Waals surface area (Å²) in [5, 5.41) is 5.97. The van der Waals surface area contributed by atoms with Crippen LogP contribution in [0.1, 0.15) is 43.7 Å². The fourth-order valence-electron chi connectivity index (χ4n) is 2.06. The third-order valence-electron chi connectivity index (χ3n) is 3.35. The molecule has 2 N–H and O–H groups in total. The zero-order valence-electron chi connectivity index (χ0n) is 13.4. The first-order chi connectivity index (χ1) is 10.3. The van der Waals surface area contributed by atoms with Crippen molar-refractivity contribution in [3.63, 3.8) is 0 Å².